The molecule has 6 heteroatoms. The fourth-order valence-electron chi connectivity index (χ4n) is 2.81. The number of nitrogens with one attached hydrogen (secondary N) is 1. The number of carbonyl (C=O) groups excluding carboxylic acids is 2. The largest absolute Gasteiger partial charge is 0.461 e. The smallest absolute Gasteiger partial charge is 0.266 e. The van der Waals surface area contributed by atoms with E-state index >= 15 is 0 Å². The Labute approximate surface area is 158 Å². The fraction of sp³-hybridized carbons (Fsp3) is 0.286. The first-order chi connectivity index (χ1) is 12.9. The molecule has 1 aliphatic rings. The summed E-state index contributed by atoms with van der Waals surface area (Å²) >= 11 is 0. The van der Waals surface area contributed by atoms with E-state index < -0.39 is 5.91 Å². The van der Waals surface area contributed by atoms with Crippen molar-refractivity contribution < 1.29 is 14.0 Å². The molecule has 2 aromatic rings. The number of anilines is 1. The van der Waals surface area contributed by atoms with Gasteiger partial charge in [0, 0.05) is 37.3 Å². The molecular formula is C21H21N3O3. The first kappa shape index (κ1) is 18.5. The fourth-order valence-corrected chi connectivity index (χ4v) is 2.81. The summed E-state index contributed by atoms with van der Waals surface area (Å²) in [4.78, 5) is 25.7. The van der Waals surface area contributed by atoms with Crippen LogP contribution in [0.15, 0.2) is 46.4 Å². The van der Waals surface area contributed by atoms with Crippen molar-refractivity contribution in [2.45, 2.75) is 19.3 Å². The summed E-state index contributed by atoms with van der Waals surface area (Å²) in [5, 5.41) is 12.0. The van der Waals surface area contributed by atoms with E-state index in [1.165, 1.54) is 11.0 Å². The van der Waals surface area contributed by atoms with Crippen LogP contribution in [0.25, 0.3) is 6.08 Å². The summed E-state index contributed by atoms with van der Waals surface area (Å²) in [6.45, 7) is 2.16. The molecular weight excluding hydrogens is 342 g/mol. The highest BCUT2D eigenvalue weighted by Gasteiger charge is 2.36. The summed E-state index contributed by atoms with van der Waals surface area (Å²) in [6.07, 6.45) is 2.55. The Morgan fingerprint density at radius 1 is 1.22 bits per heavy atom. The lowest BCUT2D eigenvalue weighted by molar-refractivity contribution is -0.112. The molecule has 0 spiro atoms. The van der Waals surface area contributed by atoms with E-state index in [0.717, 1.165) is 12.2 Å². The third-order valence-corrected chi connectivity index (χ3v) is 4.57. The van der Waals surface area contributed by atoms with Crippen molar-refractivity contribution in [2.75, 3.05) is 19.4 Å². The highest BCUT2D eigenvalue weighted by atomic mass is 16.3. The molecule has 2 amide bonds. The minimum atomic E-state index is -0.526. The Morgan fingerprint density at radius 2 is 1.89 bits per heavy atom. The van der Waals surface area contributed by atoms with E-state index in [1.54, 1.807) is 44.4 Å². The zero-order valence-electron chi connectivity index (χ0n) is 15.5. The molecule has 6 nitrogen and oxygen atoms in total. The van der Waals surface area contributed by atoms with Gasteiger partial charge in [0.1, 0.15) is 23.2 Å². The Balaban J connectivity index is 1.69. The van der Waals surface area contributed by atoms with Crippen molar-refractivity contribution in [3.8, 4) is 6.07 Å². The van der Waals surface area contributed by atoms with Crippen molar-refractivity contribution >= 4 is 23.6 Å². The van der Waals surface area contributed by atoms with Crippen LogP contribution in [0, 0.1) is 17.2 Å². The van der Waals surface area contributed by atoms with Crippen molar-refractivity contribution in [3.05, 3.63) is 59.1 Å². The monoisotopic (exact) mass is 363 g/mol. The molecule has 0 saturated heterocycles. The lowest BCUT2D eigenvalue weighted by Crippen LogP contribution is -2.21. The van der Waals surface area contributed by atoms with Gasteiger partial charge in [-0.2, -0.15) is 5.26 Å². The molecule has 27 heavy (non-hydrogen) atoms. The number of amides is 2. The zero-order chi connectivity index (χ0) is 19.6. The maximum Gasteiger partial charge on any atom is 0.266 e. The molecule has 0 unspecified atom stereocenters. The maximum absolute atomic E-state index is 12.4. The van der Waals surface area contributed by atoms with E-state index in [1.807, 2.05) is 12.1 Å². The number of nitriles is 1. The van der Waals surface area contributed by atoms with Crippen molar-refractivity contribution in [1.29, 1.82) is 5.26 Å². The highest BCUT2D eigenvalue weighted by molar-refractivity contribution is 6.09. The van der Waals surface area contributed by atoms with Gasteiger partial charge in [0.25, 0.3) is 11.8 Å². The minimum Gasteiger partial charge on any atom is -0.461 e. The van der Waals surface area contributed by atoms with Crippen molar-refractivity contribution in [2.24, 2.45) is 5.92 Å². The first-order valence-corrected chi connectivity index (χ1v) is 8.73. The number of nitrogens with zero attached hydrogens (tertiary/aromatic N) is 2. The Kier molecular flexibility index (Phi) is 5.13. The van der Waals surface area contributed by atoms with E-state index in [4.69, 9.17) is 4.42 Å². The van der Waals surface area contributed by atoms with Gasteiger partial charge in [-0.05, 0) is 48.7 Å². The lowest BCUT2D eigenvalue weighted by atomic mass is 10.1. The topological polar surface area (TPSA) is 86.3 Å². The number of hydrogen-bond donors (Lipinski definition) is 1. The molecule has 1 fully saturated rings. The van der Waals surface area contributed by atoms with Crippen LogP contribution in [0.1, 0.15) is 41.1 Å². The molecule has 1 aromatic carbocycles. The minimum absolute atomic E-state index is 0.0480. The van der Waals surface area contributed by atoms with Gasteiger partial charge in [0.15, 0.2) is 0 Å². The quantitative estimate of drug-likeness (QED) is 0.649. The first-order valence-electron chi connectivity index (χ1n) is 8.73. The molecule has 1 heterocycles. The Hall–Kier alpha value is -3.33. The summed E-state index contributed by atoms with van der Waals surface area (Å²) in [6, 6.07) is 12.1. The summed E-state index contributed by atoms with van der Waals surface area (Å²) in [7, 11) is 3.35. The van der Waals surface area contributed by atoms with E-state index in [0.29, 0.717) is 28.8 Å². The van der Waals surface area contributed by atoms with Gasteiger partial charge in [0.2, 0.25) is 0 Å². The van der Waals surface area contributed by atoms with Crippen LogP contribution in [0.5, 0.6) is 0 Å². The predicted molar refractivity (Wildman–Crippen MR) is 102 cm³/mol. The van der Waals surface area contributed by atoms with Crippen LogP contribution in [0.2, 0.25) is 0 Å². The molecule has 3 rings (SSSR count). The molecule has 0 bridgehead atoms. The van der Waals surface area contributed by atoms with Gasteiger partial charge in [-0.25, -0.2) is 0 Å². The number of furan rings is 1. The highest BCUT2D eigenvalue weighted by Crippen LogP contribution is 2.47. The summed E-state index contributed by atoms with van der Waals surface area (Å²) < 4.78 is 5.73. The van der Waals surface area contributed by atoms with Gasteiger partial charge in [-0.3, -0.25) is 9.59 Å². The lowest BCUT2D eigenvalue weighted by Gasteiger charge is -2.10. The van der Waals surface area contributed by atoms with Crippen molar-refractivity contribution in [1.82, 2.24) is 4.90 Å². The van der Waals surface area contributed by atoms with Gasteiger partial charge >= 0.3 is 0 Å². The molecule has 0 aliphatic heterocycles. The second-order valence-corrected chi connectivity index (χ2v) is 6.96. The van der Waals surface area contributed by atoms with Crippen LogP contribution in [-0.4, -0.2) is 30.8 Å². The SMILES string of the molecule is C[C@@H]1C[C@@H]1c1ccc(/C=C(\C#N)C(=O)Nc2ccc(C(=O)N(C)C)cc2)o1. The predicted octanol–water partition coefficient (Wildman–Crippen LogP) is 3.65. The zero-order valence-corrected chi connectivity index (χ0v) is 15.5. The molecule has 0 radical (unpaired) electrons. The van der Waals surface area contributed by atoms with Gasteiger partial charge in [0.05, 0.1) is 0 Å². The Morgan fingerprint density at radius 3 is 2.44 bits per heavy atom. The van der Waals surface area contributed by atoms with Crippen molar-refractivity contribution in [3.63, 3.8) is 0 Å². The molecule has 2 atom stereocenters. The van der Waals surface area contributed by atoms with E-state index in [9.17, 15) is 14.9 Å². The molecule has 138 valence electrons. The number of carbonyl (C=O) groups is 2. The van der Waals surface area contributed by atoms with Gasteiger partial charge < -0.3 is 14.6 Å². The van der Waals surface area contributed by atoms with Crippen LogP contribution in [-0.2, 0) is 4.79 Å². The second kappa shape index (κ2) is 7.50. The van der Waals surface area contributed by atoms with Gasteiger partial charge in [-0.15, -0.1) is 0 Å². The average molecular weight is 363 g/mol. The van der Waals surface area contributed by atoms with Crippen LogP contribution < -0.4 is 5.32 Å². The number of hydrogen-bond acceptors (Lipinski definition) is 4. The number of benzene rings is 1. The Bertz CT molecular complexity index is 932. The molecule has 1 N–H and O–H groups in total. The summed E-state index contributed by atoms with van der Waals surface area (Å²) in [5.41, 5.74) is 0.975. The average Bonchev–Trinajstić information content (AvgIpc) is 3.20. The molecule has 1 aromatic heterocycles. The molecule has 1 saturated carbocycles. The normalized spacial score (nSPS) is 18.5. The van der Waals surface area contributed by atoms with Crippen LogP contribution in [0.4, 0.5) is 5.69 Å². The maximum atomic E-state index is 12.4. The second-order valence-electron chi connectivity index (χ2n) is 6.96. The van der Waals surface area contributed by atoms with Crippen LogP contribution >= 0.6 is 0 Å². The number of rotatable bonds is 5. The van der Waals surface area contributed by atoms with E-state index in [-0.39, 0.29) is 11.5 Å². The van der Waals surface area contributed by atoms with Crippen LogP contribution in [0.3, 0.4) is 0 Å². The molecule has 1 aliphatic carbocycles. The standard InChI is InChI=1S/C21H21N3O3/c1-13-10-18(13)19-9-8-17(27-19)11-15(12-22)20(25)23-16-6-4-14(5-7-16)21(26)24(2)3/h4-9,11,13,18H,10H2,1-3H3,(H,23,25)/b15-11+/t13-,18+/m1/s1. The van der Waals surface area contributed by atoms with Gasteiger partial charge in [-0.1, -0.05) is 6.92 Å². The van der Waals surface area contributed by atoms with E-state index in [2.05, 4.69) is 12.2 Å². The third kappa shape index (κ3) is 4.26. The third-order valence-electron chi connectivity index (χ3n) is 4.57. The summed E-state index contributed by atoms with van der Waals surface area (Å²) in [5.74, 6) is 1.80.